The summed E-state index contributed by atoms with van der Waals surface area (Å²) in [6.07, 6.45) is 0. The summed E-state index contributed by atoms with van der Waals surface area (Å²) in [4.78, 5) is 0.993. The van der Waals surface area contributed by atoms with Crippen molar-refractivity contribution in [3.05, 3.63) is 73.2 Å². The molecular formula is C13H16N2OsS. The number of rotatable bonds is 1. The predicted octanol–water partition coefficient (Wildman–Crippen LogP) is 4.46. The Morgan fingerprint density at radius 1 is 0.824 bits per heavy atom. The number of hydrogen-bond donors (Lipinski definition) is 1. The Hall–Kier alpha value is -0.814. The molecule has 0 spiro atoms. The summed E-state index contributed by atoms with van der Waals surface area (Å²) in [7, 11) is 0. The van der Waals surface area contributed by atoms with Crippen LogP contribution in [0.15, 0.2) is 65.6 Å². The van der Waals surface area contributed by atoms with Gasteiger partial charge in [0.05, 0.1) is 0 Å². The molecule has 0 heterocycles. The number of benzene rings is 2. The largest absolute Gasteiger partial charge is 2.00 e. The minimum Gasteiger partial charge on any atom is -0.617 e. The molecule has 2 aromatic carbocycles. The van der Waals surface area contributed by atoms with E-state index in [0.717, 1.165) is 22.5 Å². The summed E-state index contributed by atoms with van der Waals surface area (Å²) in [6, 6.07) is 19.1. The second kappa shape index (κ2) is 11.7. The first kappa shape index (κ1) is 18.5. The van der Waals surface area contributed by atoms with Gasteiger partial charge in [-0.25, -0.2) is 0 Å². The van der Waals surface area contributed by atoms with Gasteiger partial charge in [-0.2, -0.15) is 0 Å². The van der Waals surface area contributed by atoms with Crippen LogP contribution in [0, 0.1) is 7.43 Å². The van der Waals surface area contributed by atoms with Crippen molar-refractivity contribution >= 4 is 17.6 Å². The number of hydrogen-bond acceptors (Lipinski definition) is 2. The summed E-state index contributed by atoms with van der Waals surface area (Å²) >= 11 is 1.02. The Balaban J connectivity index is 0. The Bertz CT molecular complexity index is 368. The van der Waals surface area contributed by atoms with Gasteiger partial charge in [0.15, 0.2) is 0 Å². The summed E-state index contributed by atoms with van der Waals surface area (Å²) in [5.74, 6) is 0. The van der Waals surface area contributed by atoms with Crippen molar-refractivity contribution in [2.24, 2.45) is 0 Å². The smallest absolute Gasteiger partial charge is 0.617 e. The van der Waals surface area contributed by atoms with Crippen LogP contribution in [0.3, 0.4) is 0 Å². The minimum absolute atomic E-state index is 0. The average molecular weight is 423 g/mol. The van der Waals surface area contributed by atoms with E-state index in [1.165, 1.54) is 0 Å². The first-order valence-electron chi connectivity index (χ1n) is 4.52. The van der Waals surface area contributed by atoms with E-state index in [2.05, 4.69) is 0 Å². The standard InChI is InChI=1S/C6H6NS.C6H7N.CH3.Os/c7-8-6-4-2-1-3-5-6;7-6-4-2-1-3-5-6;;/h1-5,7H;1-5H,7H2;1H3;/q-1;;-1;+2. The van der Waals surface area contributed by atoms with Crippen molar-refractivity contribution < 1.29 is 19.8 Å². The SMILES string of the molecule is Nc1ccccc1.[CH3-].[NH-]Sc1ccccc1.[Os+2]. The quantitative estimate of drug-likeness (QED) is 0.419. The Morgan fingerprint density at radius 3 is 1.47 bits per heavy atom. The van der Waals surface area contributed by atoms with Crippen molar-refractivity contribution in [3.63, 3.8) is 0 Å². The third-order valence-corrected chi connectivity index (χ3v) is 2.17. The van der Waals surface area contributed by atoms with Crippen LogP contribution in [-0.2, 0) is 19.8 Å². The number of nitrogen functional groups attached to an aromatic ring is 1. The first-order valence-corrected chi connectivity index (χ1v) is 5.33. The van der Waals surface area contributed by atoms with Gasteiger partial charge in [-0.15, -0.1) is 0 Å². The van der Waals surface area contributed by atoms with Gasteiger partial charge in [0, 0.05) is 5.69 Å². The van der Waals surface area contributed by atoms with E-state index < -0.39 is 0 Å². The van der Waals surface area contributed by atoms with Crippen molar-refractivity contribution in [3.8, 4) is 0 Å². The second-order valence-electron chi connectivity index (χ2n) is 2.83. The van der Waals surface area contributed by atoms with Crippen molar-refractivity contribution in [2.75, 3.05) is 5.73 Å². The molecule has 0 saturated heterocycles. The van der Waals surface area contributed by atoms with E-state index in [1.54, 1.807) is 0 Å². The number of para-hydroxylation sites is 1. The number of anilines is 1. The molecule has 2 rings (SSSR count). The van der Waals surface area contributed by atoms with E-state index in [-0.39, 0.29) is 27.2 Å². The fourth-order valence-corrected chi connectivity index (χ4v) is 1.23. The van der Waals surface area contributed by atoms with Gasteiger partial charge in [0.25, 0.3) is 0 Å². The number of nitrogens with two attached hydrogens (primary N) is 1. The molecule has 17 heavy (non-hydrogen) atoms. The molecule has 0 saturated carbocycles. The molecule has 3 N–H and O–H groups in total. The van der Waals surface area contributed by atoms with Crippen LogP contribution in [0.1, 0.15) is 0 Å². The van der Waals surface area contributed by atoms with E-state index >= 15 is 0 Å². The van der Waals surface area contributed by atoms with Crippen LogP contribution in [0.25, 0.3) is 5.14 Å². The third-order valence-electron chi connectivity index (χ3n) is 1.66. The zero-order valence-electron chi connectivity index (χ0n) is 9.61. The van der Waals surface area contributed by atoms with Gasteiger partial charge >= 0.3 is 19.8 Å². The zero-order chi connectivity index (χ0) is 10.9. The molecular weight excluding hydrogens is 406 g/mol. The van der Waals surface area contributed by atoms with Crippen LogP contribution in [0.2, 0.25) is 0 Å². The van der Waals surface area contributed by atoms with Crippen LogP contribution >= 0.6 is 11.9 Å². The molecule has 2 aromatic rings. The molecule has 0 aliphatic heterocycles. The molecule has 4 heteroatoms. The monoisotopic (exact) mass is 424 g/mol. The molecule has 0 unspecified atom stereocenters. The fourth-order valence-electron chi connectivity index (χ4n) is 0.942. The average Bonchev–Trinajstić information content (AvgIpc) is 2.32. The Morgan fingerprint density at radius 2 is 1.24 bits per heavy atom. The maximum atomic E-state index is 6.86. The molecule has 0 atom stereocenters. The molecule has 0 aromatic heterocycles. The molecule has 2 nitrogen and oxygen atoms in total. The molecule has 0 fully saturated rings. The maximum absolute atomic E-state index is 6.86. The van der Waals surface area contributed by atoms with Gasteiger partial charge in [0.2, 0.25) is 0 Å². The van der Waals surface area contributed by atoms with E-state index in [4.69, 9.17) is 10.9 Å². The molecule has 0 amide bonds. The van der Waals surface area contributed by atoms with E-state index in [9.17, 15) is 0 Å². The molecule has 0 bridgehead atoms. The van der Waals surface area contributed by atoms with Gasteiger partial charge < -0.3 is 18.3 Å². The summed E-state index contributed by atoms with van der Waals surface area (Å²) in [5, 5.41) is 6.86. The van der Waals surface area contributed by atoms with Crippen LogP contribution in [0.5, 0.6) is 0 Å². The summed E-state index contributed by atoms with van der Waals surface area (Å²) in [5.41, 5.74) is 6.18. The molecule has 0 aliphatic carbocycles. The summed E-state index contributed by atoms with van der Waals surface area (Å²) < 4.78 is 0. The minimum atomic E-state index is 0. The van der Waals surface area contributed by atoms with Gasteiger partial charge in [-0.1, -0.05) is 48.5 Å². The normalized spacial score (nSPS) is 7.82. The predicted molar refractivity (Wildman–Crippen MR) is 73.9 cm³/mol. The third kappa shape index (κ3) is 8.94. The molecule has 0 radical (unpaired) electrons. The van der Waals surface area contributed by atoms with E-state index in [0.29, 0.717) is 0 Å². The van der Waals surface area contributed by atoms with Crippen molar-refractivity contribution in [1.29, 1.82) is 0 Å². The Kier molecular flexibility index (Phi) is 12.7. The topological polar surface area (TPSA) is 49.8 Å². The fraction of sp³-hybridized carbons (Fsp3) is 0. The van der Waals surface area contributed by atoms with Crippen LogP contribution in [0.4, 0.5) is 5.69 Å². The molecule has 92 valence electrons. The van der Waals surface area contributed by atoms with Crippen LogP contribution < -0.4 is 5.73 Å². The van der Waals surface area contributed by atoms with Gasteiger partial charge in [0.1, 0.15) is 0 Å². The first-order chi connectivity index (χ1) is 7.33. The van der Waals surface area contributed by atoms with Crippen molar-refractivity contribution in [1.82, 2.24) is 0 Å². The molecule has 0 aliphatic rings. The second-order valence-corrected chi connectivity index (χ2v) is 3.50. The van der Waals surface area contributed by atoms with Gasteiger partial charge in [-0.05, 0) is 17.0 Å². The van der Waals surface area contributed by atoms with Crippen LogP contribution in [-0.4, -0.2) is 0 Å². The van der Waals surface area contributed by atoms with Crippen molar-refractivity contribution in [2.45, 2.75) is 4.90 Å². The Labute approximate surface area is 121 Å². The maximum Gasteiger partial charge on any atom is 2.00 e. The van der Waals surface area contributed by atoms with E-state index in [1.807, 2.05) is 60.7 Å². The summed E-state index contributed by atoms with van der Waals surface area (Å²) in [6.45, 7) is 0. The van der Waals surface area contributed by atoms with Gasteiger partial charge in [-0.3, -0.25) is 11.9 Å². The zero-order valence-corrected chi connectivity index (χ0v) is 13.0. The number of nitrogens with one attached hydrogen (secondary N) is 1.